The number of anilines is 1. The minimum atomic E-state index is -0.486. The fraction of sp³-hybridized carbons (Fsp3) is 0.429. The van der Waals surface area contributed by atoms with E-state index in [1.165, 1.54) is 17.0 Å². The standard InChI is InChI=1S/C14H17FN4O2/c15-11-3-1-2-4-12(11)17-13(20)9-18-8-10-7-16-5-6-19(10)14(18)21/h1-4,10,16H,5-9H2,(H,17,20). The lowest BCUT2D eigenvalue weighted by molar-refractivity contribution is -0.116. The molecule has 2 aliphatic rings. The number of nitrogens with one attached hydrogen (secondary N) is 2. The number of rotatable bonds is 3. The average molecular weight is 292 g/mol. The van der Waals surface area contributed by atoms with Gasteiger partial charge in [0.05, 0.1) is 11.7 Å². The molecule has 0 aliphatic carbocycles. The van der Waals surface area contributed by atoms with Gasteiger partial charge in [0.2, 0.25) is 5.91 Å². The highest BCUT2D eigenvalue weighted by atomic mass is 19.1. The fourth-order valence-corrected chi connectivity index (χ4v) is 2.75. The molecule has 0 radical (unpaired) electrons. The SMILES string of the molecule is O=C(CN1CC2CNCCN2C1=O)Nc1ccccc1F. The van der Waals surface area contributed by atoms with Gasteiger partial charge >= 0.3 is 6.03 Å². The van der Waals surface area contributed by atoms with Crippen molar-refractivity contribution >= 4 is 17.6 Å². The molecule has 2 fully saturated rings. The Balaban J connectivity index is 1.60. The normalized spacial score (nSPS) is 21.4. The Hall–Kier alpha value is -2.15. The van der Waals surface area contributed by atoms with E-state index < -0.39 is 5.82 Å². The first-order valence-electron chi connectivity index (χ1n) is 6.96. The molecule has 2 heterocycles. The number of nitrogens with zero attached hydrogens (tertiary/aromatic N) is 2. The predicted molar refractivity (Wildman–Crippen MR) is 75.4 cm³/mol. The summed E-state index contributed by atoms with van der Waals surface area (Å²) in [5.41, 5.74) is 0.133. The molecule has 1 aromatic carbocycles. The molecule has 2 saturated heterocycles. The minimum Gasteiger partial charge on any atom is -0.322 e. The predicted octanol–water partition coefficient (Wildman–Crippen LogP) is 0.474. The maximum atomic E-state index is 13.5. The van der Waals surface area contributed by atoms with Gasteiger partial charge in [-0.2, -0.15) is 0 Å². The first-order chi connectivity index (χ1) is 10.1. The van der Waals surface area contributed by atoms with E-state index in [1.807, 2.05) is 0 Å². The highest BCUT2D eigenvalue weighted by Gasteiger charge is 2.38. The number of fused-ring (bicyclic) bond motifs is 1. The summed E-state index contributed by atoms with van der Waals surface area (Å²) >= 11 is 0. The molecule has 6 nitrogen and oxygen atoms in total. The summed E-state index contributed by atoms with van der Waals surface area (Å²) in [5.74, 6) is -0.874. The van der Waals surface area contributed by atoms with Crippen molar-refractivity contribution in [2.45, 2.75) is 6.04 Å². The highest BCUT2D eigenvalue weighted by molar-refractivity contribution is 5.94. The molecule has 0 aromatic heterocycles. The van der Waals surface area contributed by atoms with Crippen LogP contribution in [0.25, 0.3) is 0 Å². The number of carbonyl (C=O) groups excluding carboxylic acids is 2. The van der Waals surface area contributed by atoms with E-state index in [1.54, 1.807) is 17.0 Å². The van der Waals surface area contributed by atoms with E-state index in [0.717, 1.165) is 13.1 Å². The molecule has 1 atom stereocenters. The molecular formula is C14H17FN4O2. The number of benzene rings is 1. The first kappa shape index (κ1) is 13.8. The number of halogens is 1. The van der Waals surface area contributed by atoms with Crippen LogP contribution in [-0.4, -0.2) is 60.5 Å². The molecule has 2 N–H and O–H groups in total. The van der Waals surface area contributed by atoms with Crippen molar-refractivity contribution in [2.24, 2.45) is 0 Å². The summed E-state index contributed by atoms with van der Waals surface area (Å²) in [6, 6.07) is 5.97. The van der Waals surface area contributed by atoms with E-state index in [9.17, 15) is 14.0 Å². The Labute approximate surface area is 121 Å². The molecule has 0 spiro atoms. The highest BCUT2D eigenvalue weighted by Crippen LogP contribution is 2.18. The molecule has 21 heavy (non-hydrogen) atoms. The number of carbonyl (C=O) groups is 2. The second-order valence-electron chi connectivity index (χ2n) is 5.24. The lowest BCUT2D eigenvalue weighted by Crippen LogP contribution is -2.49. The Bertz CT molecular complexity index is 566. The fourth-order valence-electron chi connectivity index (χ4n) is 2.75. The first-order valence-corrected chi connectivity index (χ1v) is 6.96. The Morgan fingerprint density at radius 2 is 2.24 bits per heavy atom. The molecule has 3 amide bonds. The monoisotopic (exact) mass is 292 g/mol. The van der Waals surface area contributed by atoms with Gasteiger partial charge in [-0.1, -0.05) is 12.1 Å². The number of hydrogen-bond donors (Lipinski definition) is 2. The van der Waals surface area contributed by atoms with Crippen molar-refractivity contribution < 1.29 is 14.0 Å². The molecule has 3 rings (SSSR count). The van der Waals surface area contributed by atoms with Crippen molar-refractivity contribution in [3.05, 3.63) is 30.1 Å². The quantitative estimate of drug-likeness (QED) is 0.851. The van der Waals surface area contributed by atoms with Gasteiger partial charge in [-0.15, -0.1) is 0 Å². The molecule has 1 aromatic rings. The summed E-state index contributed by atoms with van der Waals surface area (Å²) in [6.07, 6.45) is 0. The summed E-state index contributed by atoms with van der Waals surface area (Å²) in [6.45, 7) is 2.65. The van der Waals surface area contributed by atoms with Gasteiger partial charge in [-0.3, -0.25) is 4.79 Å². The van der Waals surface area contributed by atoms with Crippen molar-refractivity contribution in [3.8, 4) is 0 Å². The minimum absolute atomic E-state index is 0.0554. The largest absolute Gasteiger partial charge is 0.322 e. The van der Waals surface area contributed by atoms with Gasteiger partial charge < -0.3 is 20.4 Å². The third kappa shape index (κ3) is 2.82. The van der Waals surface area contributed by atoms with Crippen LogP contribution in [0, 0.1) is 5.82 Å². The second kappa shape index (κ2) is 5.69. The third-order valence-corrected chi connectivity index (χ3v) is 3.78. The van der Waals surface area contributed by atoms with Crippen LogP contribution >= 0.6 is 0 Å². The molecule has 1 unspecified atom stereocenters. The number of para-hydroxylation sites is 1. The smallest absolute Gasteiger partial charge is 0.320 e. The maximum Gasteiger partial charge on any atom is 0.320 e. The van der Waals surface area contributed by atoms with Crippen molar-refractivity contribution in [3.63, 3.8) is 0 Å². The zero-order chi connectivity index (χ0) is 14.8. The van der Waals surface area contributed by atoms with Crippen LogP contribution in [0.4, 0.5) is 14.9 Å². The van der Waals surface area contributed by atoms with Crippen molar-refractivity contribution in [1.82, 2.24) is 15.1 Å². The second-order valence-corrected chi connectivity index (χ2v) is 5.24. The number of amides is 3. The van der Waals surface area contributed by atoms with E-state index >= 15 is 0 Å². The number of urea groups is 1. The van der Waals surface area contributed by atoms with Crippen LogP contribution < -0.4 is 10.6 Å². The van der Waals surface area contributed by atoms with Crippen molar-refractivity contribution in [2.75, 3.05) is 38.0 Å². The van der Waals surface area contributed by atoms with Gasteiger partial charge in [-0.05, 0) is 12.1 Å². The zero-order valence-corrected chi connectivity index (χ0v) is 11.5. The average Bonchev–Trinajstić information content (AvgIpc) is 2.78. The molecule has 0 bridgehead atoms. The van der Waals surface area contributed by atoms with Crippen LogP contribution in [-0.2, 0) is 4.79 Å². The number of hydrogen-bond acceptors (Lipinski definition) is 3. The van der Waals surface area contributed by atoms with Crippen LogP contribution in [0.5, 0.6) is 0 Å². The summed E-state index contributed by atoms with van der Waals surface area (Å²) in [7, 11) is 0. The lowest BCUT2D eigenvalue weighted by atomic mass is 10.2. The van der Waals surface area contributed by atoms with E-state index in [2.05, 4.69) is 10.6 Å². The van der Waals surface area contributed by atoms with E-state index in [4.69, 9.17) is 0 Å². The van der Waals surface area contributed by atoms with Gasteiger partial charge in [0.15, 0.2) is 0 Å². The zero-order valence-electron chi connectivity index (χ0n) is 11.5. The topological polar surface area (TPSA) is 64.7 Å². The van der Waals surface area contributed by atoms with Crippen LogP contribution in [0.3, 0.4) is 0 Å². The molecule has 112 valence electrons. The molecule has 7 heteroatoms. The lowest BCUT2D eigenvalue weighted by Gasteiger charge is -2.28. The maximum absolute atomic E-state index is 13.5. The van der Waals surface area contributed by atoms with Gasteiger partial charge in [0.25, 0.3) is 0 Å². The Morgan fingerprint density at radius 3 is 3.00 bits per heavy atom. The summed E-state index contributed by atoms with van der Waals surface area (Å²) in [5, 5.41) is 5.72. The van der Waals surface area contributed by atoms with E-state index in [0.29, 0.717) is 13.1 Å². The van der Waals surface area contributed by atoms with Crippen LogP contribution in [0.15, 0.2) is 24.3 Å². The number of piperazine rings is 1. The summed E-state index contributed by atoms with van der Waals surface area (Å²) in [4.78, 5) is 27.4. The van der Waals surface area contributed by atoms with E-state index in [-0.39, 0.29) is 30.2 Å². The van der Waals surface area contributed by atoms with Crippen LogP contribution in [0.2, 0.25) is 0 Å². The van der Waals surface area contributed by atoms with Crippen LogP contribution in [0.1, 0.15) is 0 Å². The van der Waals surface area contributed by atoms with Crippen molar-refractivity contribution in [1.29, 1.82) is 0 Å². The Morgan fingerprint density at radius 1 is 1.43 bits per heavy atom. The van der Waals surface area contributed by atoms with Gasteiger partial charge in [0, 0.05) is 26.2 Å². The molecule has 2 aliphatic heterocycles. The Kier molecular flexibility index (Phi) is 3.74. The summed E-state index contributed by atoms with van der Waals surface area (Å²) < 4.78 is 13.5. The molecule has 0 saturated carbocycles. The van der Waals surface area contributed by atoms with Gasteiger partial charge in [0.1, 0.15) is 12.4 Å². The molecular weight excluding hydrogens is 275 g/mol. The van der Waals surface area contributed by atoms with Gasteiger partial charge in [-0.25, -0.2) is 9.18 Å². The third-order valence-electron chi connectivity index (χ3n) is 3.78.